The number of hydrogen-bond acceptors (Lipinski definition) is 2. The molecular weight excluding hydrogens is 330 g/mol. The molecule has 21 heavy (non-hydrogen) atoms. The fourth-order valence-electron chi connectivity index (χ4n) is 3.21. The van der Waals surface area contributed by atoms with Crippen LogP contribution in [0.15, 0.2) is 16.6 Å². The van der Waals surface area contributed by atoms with E-state index in [9.17, 15) is 0 Å². The predicted molar refractivity (Wildman–Crippen MR) is 89.3 cm³/mol. The van der Waals surface area contributed by atoms with Gasteiger partial charge in [0.05, 0.1) is 13.2 Å². The third-order valence-electron chi connectivity index (χ3n) is 3.96. The Kier molecular flexibility index (Phi) is 6.08. The van der Waals surface area contributed by atoms with E-state index in [1.807, 2.05) is 0 Å². The molecule has 0 aliphatic carbocycles. The van der Waals surface area contributed by atoms with Gasteiger partial charge in [-0.05, 0) is 51.0 Å². The van der Waals surface area contributed by atoms with Crippen molar-refractivity contribution >= 4 is 15.9 Å². The molecule has 0 radical (unpaired) electrons. The molecule has 0 bridgehead atoms. The highest BCUT2D eigenvalue weighted by atomic mass is 79.9. The Morgan fingerprint density at radius 3 is 2.33 bits per heavy atom. The minimum Gasteiger partial charge on any atom is -0.493 e. The van der Waals surface area contributed by atoms with E-state index >= 15 is 0 Å². The smallest absolute Gasteiger partial charge is 0.125 e. The summed E-state index contributed by atoms with van der Waals surface area (Å²) in [5, 5.41) is 0. The van der Waals surface area contributed by atoms with Gasteiger partial charge < -0.3 is 14.4 Å². The average molecular weight is 357 g/mol. The van der Waals surface area contributed by atoms with Crippen molar-refractivity contribution < 1.29 is 14.4 Å². The van der Waals surface area contributed by atoms with Crippen LogP contribution in [0, 0.1) is 13.8 Å². The van der Waals surface area contributed by atoms with Gasteiger partial charge in [0.15, 0.2) is 0 Å². The molecule has 1 heterocycles. The van der Waals surface area contributed by atoms with Crippen LogP contribution < -0.4 is 9.64 Å². The molecule has 1 saturated heterocycles. The highest BCUT2D eigenvalue weighted by Gasteiger charge is 2.24. The summed E-state index contributed by atoms with van der Waals surface area (Å²) < 4.78 is 12.9. The van der Waals surface area contributed by atoms with Crippen molar-refractivity contribution in [2.45, 2.75) is 46.3 Å². The van der Waals surface area contributed by atoms with Gasteiger partial charge in [-0.25, -0.2) is 0 Å². The summed E-state index contributed by atoms with van der Waals surface area (Å²) in [7, 11) is 0. The van der Waals surface area contributed by atoms with E-state index in [1.165, 1.54) is 11.1 Å². The molecule has 1 aliphatic rings. The first kappa shape index (κ1) is 16.8. The summed E-state index contributed by atoms with van der Waals surface area (Å²) in [5.41, 5.74) is 2.39. The molecule has 1 aromatic carbocycles. The summed E-state index contributed by atoms with van der Waals surface area (Å²) in [6.07, 6.45) is 1.84. The lowest BCUT2D eigenvalue weighted by atomic mass is 10.1. The number of ether oxygens (including phenoxy) is 2. The average Bonchev–Trinajstić information content (AvgIpc) is 2.35. The van der Waals surface area contributed by atoms with E-state index in [-0.39, 0.29) is 0 Å². The number of nitrogens with one attached hydrogen (secondary N) is 1. The molecule has 1 N–H and O–H groups in total. The zero-order valence-corrected chi connectivity index (χ0v) is 15.1. The first-order valence-electron chi connectivity index (χ1n) is 7.84. The topological polar surface area (TPSA) is 22.9 Å². The summed E-state index contributed by atoms with van der Waals surface area (Å²) in [4.78, 5) is 1.63. The Morgan fingerprint density at radius 1 is 1.19 bits per heavy atom. The van der Waals surface area contributed by atoms with Gasteiger partial charge in [-0.2, -0.15) is 0 Å². The minimum atomic E-state index is 0.376. The maximum atomic E-state index is 6.00. The van der Waals surface area contributed by atoms with Gasteiger partial charge in [0, 0.05) is 10.9 Å². The maximum Gasteiger partial charge on any atom is 0.125 e. The van der Waals surface area contributed by atoms with Crippen molar-refractivity contribution in [3.05, 3.63) is 27.7 Å². The van der Waals surface area contributed by atoms with Gasteiger partial charge in [0.2, 0.25) is 0 Å². The van der Waals surface area contributed by atoms with E-state index < -0.39 is 0 Å². The quantitative estimate of drug-likeness (QED) is 0.819. The van der Waals surface area contributed by atoms with Crippen LogP contribution in [0.25, 0.3) is 0 Å². The first-order valence-corrected chi connectivity index (χ1v) is 8.63. The molecular formula is C17H27BrNO2+. The van der Waals surface area contributed by atoms with Crippen molar-refractivity contribution in [2.24, 2.45) is 0 Å². The van der Waals surface area contributed by atoms with Crippen molar-refractivity contribution in [1.29, 1.82) is 0 Å². The number of rotatable bonds is 5. The third kappa shape index (κ3) is 4.97. The van der Waals surface area contributed by atoms with Crippen molar-refractivity contribution in [1.82, 2.24) is 0 Å². The first-order chi connectivity index (χ1) is 9.95. The minimum absolute atomic E-state index is 0.376. The fourth-order valence-corrected chi connectivity index (χ4v) is 3.90. The lowest BCUT2D eigenvalue weighted by molar-refractivity contribution is -0.915. The zero-order chi connectivity index (χ0) is 15.4. The van der Waals surface area contributed by atoms with Crippen LogP contribution in [0.2, 0.25) is 0 Å². The standard InChI is InChI=1S/C17H26BrNO2/c1-12-8-16(18)9-13(2)17(12)20-7-5-6-19-10-14(3)21-15(4)11-19/h8-9,14-15H,5-7,10-11H2,1-4H3/p+1/t14-,15+. The summed E-state index contributed by atoms with van der Waals surface area (Å²) in [6.45, 7) is 12.7. The van der Waals surface area contributed by atoms with E-state index in [0.29, 0.717) is 12.2 Å². The highest BCUT2D eigenvalue weighted by Crippen LogP contribution is 2.27. The molecule has 0 spiro atoms. The van der Waals surface area contributed by atoms with Gasteiger partial charge >= 0.3 is 0 Å². The molecule has 1 fully saturated rings. The van der Waals surface area contributed by atoms with Gasteiger partial charge in [-0.1, -0.05) is 15.9 Å². The molecule has 0 saturated carbocycles. The van der Waals surface area contributed by atoms with Crippen LogP contribution in [0.4, 0.5) is 0 Å². The Bertz CT molecular complexity index is 445. The molecule has 1 aromatic rings. The summed E-state index contributed by atoms with van der Waals surface area (Å²) in [6, 6.07) is 4.22. The van der Waals surface area contributed by atoms with Crippen LogP contribution in [-0.4, -0.2) is 38.4 Å². The number of morpholine rings is 1. The zero-order valence-electron chi connectivity index (χ0n) is 13.5. The molecule has 3 nitrogen and oxygen atoms in total. The number of quaternary nitrogens is 1. The second kappa shape index (κ2) is 7.61. The van der Waals surface area contributed by atoms with Crippen molar-refractivity contribution in [2.75, 3.05) is 26.2 Å². The Labute approximate surface area is 136 Å². The monoisotopic (exact) mass is 356 g/mol. The lowest BCUT2D eigenvalue weighted by Gasteiger charge is -2.32. The largest absolute Gasteiger partial charge is 0.493 e. The molecule has 118 valence electrons. The third-order valence-corrected chi connectivity index (χ3v) is 4.42. The Hall–Kier alpha value is -0.580. The normalized spacial score (nSPS) is 25.9. The Balaban J connectivity index is 1.77. The molecule has 1 unspecified atom stereocenters. The van der Waals surface area contributed by atoms with E-state index in [4.69, 9.17) is 9.47 Å². The SMILES string of the molecule is Cc1cc(Br)cc(C)c1OCCC[NH+]1C[C@@H](C)O[C@@H](C)C1. The molecule has 3 atom stereocenters. The molecule has 1 aliphatic heterocycles. The van der Waals surface area contributed by atoms with Crippen molar-refractivity contribution in [3.63, 3.8) is 0 Å². The van der Waals surface area contributed by atoms with Crippen LogP contribution in [-0.2, 0) is 4.74 Å². The molecule has 0 amide bonds. The fraction of sp³-hybridized carbons (Fsp3) is 0.647. The number of aryl methyl sites for hydroxylation is 2. The van der Waals surface area contributed by atoms with Crippen LogP contribution in [0.1, 0.15) is 31.4 Å². The van der Waals surface area contributed by atoms with Gasteiger partial charge in [0.25, 0.3) is 0 Å². The van der Waals surface area contributed by atoms with E-state index in [1.54, 1.807) is 4.90 Å². The number of halogens is 1. The van der Waals surface area contributed by atoms with Crippen molar-refractivity contribution in [3.8, 4) is 5.75 Å². The highest BCUT2D eigenvalue weighted by molar-refractivity contribution is 9.10. The maximum absolute atomic E-state index is 6.00. The van der Waals surface area contributed by atoms with Gasteiger partial charge in [-0.15, -0.1) is 0 Å². The predicted octanol–water partition coefficient (Wildman–Crippen LogP) is 2.53. The van der Waals surface area contributed by atoms with Crippen LogP contribution in [0.5, 0.6) is 5.75 Å². The van der Waals surface area contributed by atoms with Crippen LogP contribution >= 0.6 is 15.9 Å². The number of hydrogen-bond donors (Lipinski definition) is 1. The second-order valence-electron chi connectivity index (χ2n) is 6.24. The Morgan fingerprint density at radius 2 is 1.76 bits per heavy atom. The molecule has 2 rings (SSSR count). The lowest BCUT2D eigenvalue weighted by Crippen LogP contribution is -3.15. The van der Waals surface area contributed by atoms with Crippen LogP contribution in [0.3, 0.4) is 0 Å². The summed E-state index contributed by atoms with van der Waals surface area (Å²) in [5.74, 6) is 1.04. The van der Waals surface area contributed by atoms with Gasteiger partial charge in [-0.3, -0.25) is 0 Å². The summed E-state index contributed by atoms with van der Waals surface area (Å²) >= 11 is 3.52. The second-order valence-corrected chi connectivity index (χ2v) is 7.15. The van der Waals surface area contributed by atoms with E-state index in [2.05, 4.69) is 55.8 Å². The van der Waals surface area contributed by atoms with E-state index in [0.717, 1.165) is 42.9 Å². The molecule has 0 aromatic heterocycles. The van der Waals surface area contributed by atoms with Gasteiger partial charge in [0.1, 0.15) is 31.0 Å². The number of benzene rings is 1. The molecule has 4 heteroatoms.